The Balaban J connectivity index is 1.62. The molecule has 0 saturated carbocycles. The molecule has 2 N–H and O–H groups in total. The second kappa shape index (κ2) is 7.90. The largest absolute Gasteiger partial charge is 0.389 e. The van der Waals surface area contributed by atoms with Gasteiger partial charge in [0.1, 0.15) is 0 Å². The topological polar surface area (TPSA) is 37.2 Å². The van der Waals surface area contributed by atoms with Crippen LogP contribution < -0.4 is 5.32 Å². The van der Waals surface area contributed by atoms with Crippen LogP contribution in [0.1, 0.15) is 11.1 Å². The first-order chi connectivity index (χ1) is 13.4. The Hall–Kier alpha value is -1.82. The standard InChI is InChI=1S/C23H22Br2N2O/c1-14-3-6-18(9-15(14)2)26-12-19(28)13-27-22-7-4-16(24)10-20(22)21-11-17(25)5-8-23(21)27/h3-11,19,26,28H,12-13H2,1-2H3/t19-/m0/s1. The molecule has 0 aliphatic heterocycles. The molecule has 0 radical (unpaired) electrons. The van der Waals surface area contributed by atoms with Gasteiger partial charge in [-0.1, -0.05) is 37.9 Å². The predicted molar refractivity (Wildman–Crippen MR) is 125 cm³/mol. The van der Waals surface area contributed by atoms with E-state index in [1.165, 1.54) is 21.9 Å². The van der Waals surface area contributed by atoms with Crippen molar-refractivity contribution in [3.63, 3.8) is 0 Å². The van der Waals surface area contributed by atoms with Gasteiger partial charge in [0.05, 0.1) is 12.6 Å². The third kappa shape index (κ3) is 3.84. The second-order valence-corrected chi connectivity index (χ2v) is 9.10. The van der Waals surface area contributed by atoms with Crippen LogP contribution in [-0.2, 0) is 6.54 Å². The van der Waals surface area contributed by atoms with E-state index in [9.17, 15) is 5.11 Å². The van der Waals surface area contributed by atoms with Crippen LogP contribution >= 0.6 is 31.9 Å². The molecule has 1 atom stereocenters. The van der Waals surface area contributed by atoms with E-state index in [2.05, 4.69) is 98.1 Å². The van der Waals surface area contributed by atoms with Crippen molar-refractivity contribution in [1.82, 2.24) is 4.57 Å². The Kier molecular flexibility index (Phi) is 5.50. The number of fused-ring (bicyclic) bond motifs is 3. The number of anilines is 1. The molecule has 4 aromatic rings. The lowest BCUT2D eigenvalue weighted by molar-refractivity contribution is 0.169. The van der Waals surface area contributed by atoms with Crippen molar-refractivity contribution in [3.05, 3.63) is 74.7 Å². The van der Waals surface area contributed by atoms with Gasteiger partial charge in [0.15, 0.2) is 0 Å². The molecule has 0 spiro atoms. The molecule has 3 aromatic carbocycles. The summed E-state index contributed by atoms with van der Waals surface area (Å²) in [5, 5.41) is 16.5. The van der Waals surface area contributed by atoms with Crippen molar-refractivity contribution in [1.29, 1.82) is 0 Å². The zero-order chi connectivity index (χ0) is 19.8. The van der Waals surface area contributed by atoms with Gasteiger partial charge in [-0.25, -0.2) is 0 Å². The summed E-state index contributed by atoms with van der Waals surface area (Å²) >= 11 is 7.16. The van der Waals surface area contributed by atoms with E-state index >= 15 is 0 Å². The van der Waals surface area contributed by atoms with Gasteiger partial charge in [0.25, 0.3) is 0 Å². The summed E-state index contributed by atoms with van der Waals surface area (Å²) in [6.45, 7) is 5.23. The number of aliphatic hydroxyl groups is 1. The lowest BCUT2D eigenvalue weighted by Gasteiger charge is -2.16. The Morgan fingerprint density at radius 2 is 1.46 bits per heavy atom. The summed E-state index contributed by atoms with van der Waals surface area (Å²) in [5.74, 6) is 0. The van der Waals surface area contributed by atoms with E-state index in [1.807, 2.05) is 12.1 Å². The Labute approximate surface area is 181 Å². The molecule has 3 nitrogen and oxygen atoms in total. The van der Waals surface area contributed by atoms with Gasteiger partial charge in [0.2, 0.25) is 0 Å². The molecule has 0 unspecified atom stereocenters. The van der Waals surface area contributed by atoms with Crippen LogP contribution in [-0.4, -0.2) is 22.3 Å². The van der Waals surface area contributed by atoms with E-state index in [1.54, 1.807) is 0 Å². The summed E-state index contributed by atoms with van der Waals surface area (Å²) < 4.78 is 4.31. The van der Waals surface area contributed by atoms with Gasteiger partial charge in [-0.2, -0.15) is 0 Å². The summed E-state index contributed by atoms with van der Waals surface area (Å²) in [7, 11) is 0. The Morgan fingerprint density at radius 3 is 2.04 bits per heavy atom. The maximum atomic E-state index is 10.7. The maximum Gasteiger partial charge on any atom is 0.0891 e. The van der Waals surface area contributed by atoms with Gasteiger partial charge in [0, 0.05) is 43.0 Å². The number of aliphatic hydroxyl groups excluding tert-OH is 1. The minimum atomic E-state index is -0.507. The zero-order valence-electron chi connectivity index (χ0n) is 15.8. The van der Waals surface area contributed by atoms with Crippen LogP contribution in [0.3, 0.4) is 0 Å². The highest BCUT2D eigenvalue weighted by Crippen LogP contribution is 2.33. The SMILES string of the molecule is Cc1ccc(NC[C@H](O)Cn2c3ccc(Br)cc3c3cc(Br)ccc32)cc1C. The van der Waals surface area contributed by atoms with Crippen molar-refractivity contribution in [2.75, 3.05) is 11.9 Å². The highest BCUT2D eigenvalue weighted by atomic mass is 79.9. The molecule has 0 aliphatic carbocycles. The molecular weight excluding hydrogens is 480 g/mol. The number of nitrogens with one attached hydrogen (secondary N) is 1. The highest BCUT2D eigenvalue weighted by Gasteiger charge is 2.14. The molecule has 1 heterocycles. The van der Waals surface area contributed by atoms with Crippen LogP contribution in [0.5, 0.6) is 0 Å². The summed E-state index contributed by atoms with van der Waals surface area (Å²) in [5.41, 5.74) is 5.81. The molecule has 0 saturated heterocycles. The second-order valence-electron chi connectivity index (χ2n) is 7.27. The predicted octanol–water partition coefficient (Wildman–Crippen LogP) is 6.41. The van der Waals surface area contributed by atoms with E-state index in [0.29, 0.717) is 13.1 Å². The molecule has 28 heavy (non-hydrogen) atoms. The smallest absolute Gasteiger partial charge is 0.0891 e. The lowest BCUT2D eigenvalue weighted by atomic mass is 10.1. The fourth-order valence-electron chi connectivity index (χ4n) is 3.61. The summed E-state index contributed by atoms with van der Waals surface area (Å²) in [6, 6.07) is 18.9. The molecule has 0 fully saturated rings. The van der Waals surface area contributed by atoms with Crippen LogP contribution in [0.15, 0.2) is 63.5 Å². The lowest BCUT2D eigenvalue weighted by Crippen LogP contribution is -2.24. The number of hydrogen-bond donors (Lipinski definition) is 2. The minimum absolute atomic E-state index is 0.497. The number of hydrogen-bond acceptors (Lipinski definition) is 2. The molecule has 0 bridgehead atoms. The first-order valence-electron chi connectivity index (χ1n) is 9.28. The third-order valence-electron chi connectivity index (χ3n) is 5.23. The van der Waals surface area contributed by atoms with E-state index in [4.69, 9.17) is 0 Å². The molecule has 5 heteroatoms. The van der Waals surface area contributed by atoms with Crippen LogP contribution in [0.4, 0.5) is 5.69 Å². The van der Waals surface area contributed by atoms with Crippen molar-refractivity contribution in [2.45, 2.75) is 26.5 Å². The fourth-order valence-corrected chi connectivity index (χ4v) is 4.33. The van der Waals surface area contributed by atoms with Gasteiger partial charge >= 0.3 is 0 Å². The molecule has 144 valence electrons. The van der Waals surface area contributed by atoms with Crippen LogP contribution in [0, 0.1) is 13.8 Å². The van der Waals surface area contributed by atoms with Gasteiger partial charge in [-0.05, 0) is 73.5 Å². The number of halogens is 2. The molecule has 0 aliphatic rings. The number of rotatable bonds is 5. The minimum Gasteiger partial charge on any atom is -0.389 e. The zero-order valence-corrected chi connectivity index (χ0v) is 19.0. The highest BCUT2D eigenvalue weighted by molar-refractivity contribution is 9.10. The first kappa shape index (κ1) is 19.5. The maximum absolute atomic E-state index is 10.7. The molecular formula is C23H22Br2N2O. The average molecular weight is 502 g/mol. The van der Waals surface area contributed by atoms with Crippen LogP contribution in [0.2, 0.25) is 0 Å². The number of nitrogens with zero attached hydrogens (tertiary/aromatic N) is 1. The Morgan fingerprint density at radius 1 is 0.857 bits per heavy atom. The van der Waals surface area contributed by atoms with E-state index < -0.39 is 6.10 Å². The molecule has 4 rings (SSSR count). The van der Waals surface area contributed by atoms with E-state index in [0.717, 1.165) is 25.7 Å². The quantitative estimate of drug-likeness (QED) is 0.331. The third-order valence-corrected chi connectivity index (χ3v) is 6.22. The average Bonchev–Trinajstić information content (AvgIpc) is 2.95. The van der Waals surface area contributed by atoms with Crippen molar-refractivity contribution in [2.24, 2.45) is 0 Å². The van der Waals surface area contributed by atoms with Crippen molar-refractivity contribution < 1.29 is 5.11 Å². The van der Waals surface area contributed by atoms with Crippen molar-refractivity contribution >= 4 is 59.4 Å². The fraction of sp³-hybridized carbons (Fsp3) is 0.217. The van der Waals surface area contributed by atoms with Gasteiger partial charge < -0.3 is 15.0 Å². The van der Waals surface area contributed by atoms with Crippen molar-refractivity contribution in [3.8, 4) is 0 Å². The normalized spacial score (nSPS) is 12.6. The van der Waals surface area contributed by atoms with E-state index in [-0.39, 0.29) is 0 Å². The van der Waals surface area contributed by atoms with Crippen LogP contribution in [0.25, 0.3) is 21.8 Å². The summed E-state index contributed by atoms with van der Waals surface area (Å²) in [4.78, 5) is 0. The molecule has 1 aromatic heterocycles. The van der Waals surface area contributed by atoms with Gasteiger partial charge in [-0.3, -0.25) is 0 Å². The molecule has 0 amide bonds. The number of aryl methyl sites for hydroxylation is 2. The monoisotopic (exact) mass is 500 g/mol. The summed E-state index contributed by atoms with van der Waals surface area (Å²) in [6.07, 6.45) is -0.507. The van der Waals surface area contributed by atoms with Gasteiger partial charge in [-0.15, -0.1) is 0 Å². The number of benzene rings is 3. The Bertz CT molecular complexity index is 1110. The first-order valence-corrected chi connectivity index (χ1v) is 10.9. The number of aromatic nitrogens is 1.